The summed E-state index contributed by atoms with van der Waals surface area (Å²) in [6, 6.07) is 5.10. The highest BCUT2D eigenvalue weighted by Crippen LogP contribution is 2.27. The first kappa shape index (κ1) is 17.6. The van der Waals surface area contributed by atoms with E-state index in [-0.39, 0.29) is 12.5 Å². The van der Waals surface area contributed by atoms with Crippen LogP contribution < -0.4 is 20.1 Å². The molecule has 0 fully saturated rings. The molecule has 0 aromatic heterocycles. The Balaban J connectivity index is 2.41. The molecule has 0 radical (unpaired) electrons. The predicted octanol–water partition coefficient (Wildman–Crippen LogP) is 1.76. The smallest absolute Gasteiger partial charge is 0.315 e. The molecule has 0 heterocycles. The first-order valence-electron chi connectivity index (χ1n) is 7.10. The second-order valence-corrected chi connectivity index (χ2v) is 4.52. The van der Waals surface area contributed by atoms with Crippen molar-refractivity contribution in [3.63, 3.8) is 0 Å². The van der Waals surface area contributed by atoms with Gasteiger partial charge in [0.25, 0.3) is 0 Å². The number of carboxylic acids is 1. The lowest BCUT2D eigenvalue weighted by atomic mass is 10.2. The molecule has 7 heteroatoms. The van der Waals surface area contributed by atoms with Crippen LogP contribution >= 0.6 is 0 Å². The molecule has 0 saturated carbocycles. The van der Waals surface area contributed by atoms with Crippen LogP contribution in [0.4, 0.5) is 4.79 Å². The summed E-state index contributed by atoms with van der Waals surface area (Å²) in [5.41, 5.74) is 0.880. The van der Waals surface area contributed by atoms with Crippen molar-refractivity contribution in [2.24, 2.45) is 0 Å². The number of hydrogen-bond acceptors (Lipinski definition) is 4. The number of carbonyl (C=O) groups is 2. The van der Waals surface area contributed by atoms with Crippen LogP contribution in [-0.2, 0) is 11.3 Å². The zero-order valence-corrected chi connectivity index (χ0v) is 12.8. The van der Waals surface area contributed by atoms with Gasteiger partial charge in [0.05, 0.1) is 13.7 Å². The monoisotopic (exact) mass is 310 g/mol. The number of carbonyl (C=O) groups excluding carboxylic acids is 1. The highest BCUT2D eigenvalue weighted by molar-refractivity contribution is 5.74. The van der Waals surface area contributed by atoms with Gasteiger partial charge in [-0.05, 0) is 31.0 Å². The third-order valence-corrected chi connectivity index (χ3v) is 2.83. The molecule has 0 spiro atoms. The third-order valence-electron chi connectivity index (χ3n) is 2.83. The van der Waals surface area contributed by atoms with Crippen LogP contribution in [0.1, 0.15) is 25.3 Å². The minimum atomic E-state index is -0.871. The van der Waals surface area contributed by atoms with Gasteiger partial charge in [-0.2, -0.15) is 0 Å². The van der Waals surface area contributed by atoms with Crippen LogP contribution in [0.5, 0.6) is 11.5 Å². The lowest BCUT2D eigenvalue weighted by molar-refractivity contribution is -0.137. The van der Waals surface area contributed by atoms with E-state index in [0.29, 0.717) is 37.6 Å². The molecule has 0 aliphatic carbocycles. The topological polar surface area (TPSA) is 96.9 Å². The van der Waals surface area contributed by atoms with E-state index in [4.69, 9.17) is 14.6 Å². The van der Waals surface area contributed by atoms with Gasteiger partial charge in [-0.3, -0.25) is 4.79 Å². The minimum Gasteiger partial charge on any atom is -0.493 e. The van der Waals surface area contributed by atoms with Gasteiger partial charge in [-0.15, -0.1) is 0 Å². The lowest BCUT2D eigenvalue weighted by Crippen LogP contribution is -2.35. The van der Waals surface area contributed by atoms with Crippen LogP contribution in [0.25, 0.3) is 0 Å². The molecule has 0 saturated heterocycles. The Kier molecular flexibility index (Phi) is 7.60. The standard InChI is InChI=1S/C15H22N2O5/c1-3-22-13-9-11(6-7-12(13)21-2)10-17-15(20)16-8-4-5-14(18)19/h6-7,9H,3-5,8,10H2,1-2H3,(H,18,19)(H2,16,17,20). The summed E-state index contributed by atoms with van der Waals surface area (Å²) in [6.45, 7) is 3.08. The summed E-state index contributed by atoms with van der Waals surface area (Å²) >= 11 is 0. The zero-order chi connectivity index (χ0) is 16.4. The maximum Gasteiger partial charge on any atom is 0.315 e. The number of amides is 2. The summed E-state index contributed by atoms with van der Waals surface area (Å²) < 4.78 is 10.7. The Morgan fingerprint density at radius 3 is 2.64 bits per heavy atom. The summed E-state index contributed by atoms with van der Waals surface area (Å²) in [5.74, 6) is 0.402. The van der Waals surface area contributed by atoms with E-state index in [9.17, 15) is 9.59 Å². The third kappa shape index (κ3) is 6.34. The van der Waals surface area contributed by atoms with Crippen molar-refractivity contribution in [3.8, 4) is 11.5 Å². The fourth-order valence-corrected chi connectivity index (χ4v) is 1.79. The second kappa shape index (κ2) is 9.49. The van der Waals surface area contributed by atoms with Crippen molar-refractivity contribution in [1.82, 2.24) is 10.6 Å². The molecular formula is C15H22N2O5. The van der Waals surface area contributed by atoms with Gasteiger partial charge in [-0.25, -0.2) is 4.79 Å². The summed E-state index contributed by atoms with van der Waals surface area (Å²) in [6.07, 6.45) is 0.441. The van der Waals surface area contributed by atoms with E-state index in [1.54, 1.807) is 13.2 Å². The highest BCUT2D eigenvalue weighted by Gasteiger charge is 2.06. The quantitative estimate of drug-likeness (QED) is 0.604. The number of hydrogen-bond donors (Lipinski definition) is 3. The van der Waals surface area contributed by atoms with E-state index in [1.807, 2.05) is 19.1 Å². The maximum atomic E-state index is 11.6. The molecule has 0 bridgehead atoms. The van der Waals surface area contributed by atoms with Crippen LogP contribution in [0.2, 0.25) is 0 Å². The largest absolute Gasteiger partial charge is 0.493 e. The van der Waals surface area contributed by atoms with Gasteiger partial charge in [-0.1, -0.05) is 6.07 Å². The van der Waals surface area contributed by atoms with Crippen molar-refractivity contribution in [1.29, 1.82) is 0 Å². The van der Waals surface area contributed by atoms with Crippen LogP contribution in [0.3, 0.4) is 0 Å². The Hall–Kier alpha value is -2.44. The molecule has 3 N–H and O–H groups in total. The Labute approximate surface area is 129 Å². The van der Waals surface area contributed by atoms with Crippen LogP contribution in [0.15, 0.2) is 18.2 Å². The average molecular weight is 310 g/mol. The van der Waals surface area contributed by atoms with E-state index in [0.717, 1.165) is 5.56 Å². The van der Waals surface area contributed by atoms with Gasteiger partial charge in [0, 0.05) is 19.5 Å². The fraction of sp³-hybridized carbons (Fsp3) is 0.467. The second-order valence-electron chi connectivity index (χ2n) is 4.52. The molecular weight excluding hydrogens is 288 g/mol. The van der Waals surface area contributed by atoms with Gasteiger partial charge < -0.3 is 25.2 Å². The molecule has 1 rings (SSSR count). The number of benzene rings is 1. The van der Waals surface area contributed by atoms with E-state index >= 15 is 0 Å². The minimum absolute atomic E-state index is 0.0382. The van der Waals surface area contributed by atoms with Crippen molar-refractivity contribution in [2.45, 2.75) is 26.3 Å². The molecule has 22 heavy (non-hydrogen) atoms. The Morgan fingerprint density at radius 2 is 2.00 bits per heavy atom. The molecule has 0 atom stereocenters. The number of methoxy groups -OCH3 is 1. The molecule has 2 amide bonds. The lowest BCUT2D eigenvalue weighted by Gasteiger charge is -2.12. The van der Waals surface area contributed by atoms with Crippen LogP contribution in [0, 0.1) is 0 Å². The number of carboxylic acid groups (broad SMARTS) is 1. The predicted molar refractivity (Wildman–Crippen MR) is 81.3 cm³/mol. The van der Waals surface area contributed by atoms with Gasteiger partial charge in [0.1, 0.15) is 0 Å². The number of aliphatic carboxylic acids is 1. The van der Waals surface area contributed by atoms with Gasteiger partial charge in [0.15, 0.2) is 11.5 Å². The molecule has 1 aromatic carbocycles. The average Bonchev–Trinajstić information content (AvgIpc) is 2.50. The van der Waals surface area contributed by atoms with Crippen molar-refractivity contribution in [3.05, 3.63) is 23.8 Å². The Bertz CT molecular complexity index is 505. The van der Waals surface area contributed by atoms with Crippen LogP contribution in [-0.4, -0.2) is 37.4 Å². The normalized spacial score (nSPS) is 9.91. The highest BCUT2D eigenvalue weighted by atomic mass is 16.5. The molecule has 122 valence electrons. The number of rotatable bonds is 9. The SMILES string of the molecule is CCOc1cc(CNC(=O)NCCCC(=O)O)ccc1OC. The zero-order valence-electron chi connectivity index (χ0n) is 12.8. The first-order chi connectivity index (χ1) is 10.6. The fourth-order valence-electron chi connectivity index (χ4n) is 1.79. The van der Waals surface area contributed by atoms with Crippen molar-refractivity contribution >= 4 is 12.0 Å². The molecule has 0 unspecified atom stereocenters. The number of urea groups is 1. The number of nitrogens with one attached hydrogen (secondary N) is 2. The molecule has 0 aliphatic heterocycles. The van der Waals surface area contributed by atoms with Crippen molar-refractivity contribution < 1.29 is 24.2 Å². The van der Waals surface area contributed by atoms with Gasteiger partial charge in [0.2, 0.25) is 0 Å². The Morgan fingerprint density at radius 1 is 1.23 bits per heavy atom. The van der Waals surface area contributed by atoms with Crippen molar-refractivity contribution in [2.75, 3.05) is 20.3 Å². The molecule has 1 aromatic rings. The molecule has 0 aliphatic rings. The maximum absolute atomic E-state index is 11.6. The van der Waals surface area contributed by atoms with E-state index < -0.39 is 5.97 Å². The first-order valence-corrected chi connectivity index (χ1v) is 7.10. The number of ether oxygens (including phenoxy) is 2. The summed E-state index contributed by atoms with van der Waals surface area (Å²) in [5, 5.41) is 13.8. The summed E-state index contributed by atoms with van der Waals surface area (Å²) in [7, 11) is 1.57. The molecule has 7 nitrogen and oxygen atoms in total. The van der Waals surface area contributed by atoms with E-state index in [2.05, 4.69) is 10.6 Å². The van der Waals surface area contributed by atoms with Gasteiger partial charge >= 0.3 is 12.0 Å². The summed E-state index contributed by atoms with van der Waals surface area (Å²) in [4.78, 5) is 21.9. The van der Waals surface area contributed by atoms with E-state index in [1.165, 1.54) is 0 Å².